The van der Waals surface area contributed by atoms with E-state index >= 15 is 0 Å². The molecule has 0 unspecified atom stereocenters. The third-order valence-electron chi connectivity index (χ3n) is 4.48. The Morgan fingerprint density at radius 3 is 2.50 bits per heavy atom. The summed E-state index contributed by atoms with van der Waals surface area (Å²) in [5, 5.41) is 0. The first-order valence-corrected chi connectivity index (χ1v) is 12.0. The molecule has 8 nitrogen and oxygen atoms in total. The van der Waals surface area contributed by atoms with Crippen molar-refractivity contribution >= 4 is 25.8 Å². The van der Waals surface area contributed by atoms with E-state index in [2.05, 4.69) is 0 Å². The topological polar surface area (TPSA) is 111 Å². The Balaban J connectivity index is 1.92. The molecule has 1 aliphatic rings. The Labute approximate surface area is 164 Å². The summed E-state index contributed by atoms with van der Waals surface area (Å²) in [4.78, 5) is 11.7. The zero-order chi connectivity index (χ0) is 20.4. The lowest BCUT2D eigenvalue weighted by molar-refractivity contribution is 0.0526. The maximum absolute atomic E-state index is 13.2. The van der Waals surface area contributed by atoms with E-state index in [4.69, 9.17) is 9.15 Å². The summed E-state index contributed by atoms with van der Waals surface area (Å²) >= 11 is 0. The number of sulfone groups is 1. The van der Waals surface area contributed by atoms with Crippen molar-refractivity contribution in [3.63, 3.8) is 0 Å². The number of hydrogen-bond donors (Lipinski definition) is 0. The largest absolute Gasteiger partial charge is 0.468 e. The van der Waals surface area contributed by atoms with E-state index in [-0.39, 0.29) is 41.5 Å². The van der Waals surface area contributed by atoms with Crippen molar-refractivity contribution in [1.29, 1.82) is 0 Å². The highest BCUT2D eigenvalue weighted by Crippen LogP contribution is 2.27. The Kier molecular flexibility index (Phi) is 5.92. The minimum absolute atomic E-state index is 0.0311. The average Bonchev–Trinajstić information content (AvgIpc) is 3.29. The Morgan fingerprint density at radius 1 is 1.25 bits per heavy atom. The monoisotopic (exact) mass is 427 g/mol. The first-order valence-electron chi connectivity index (χ1n) is 8.75. The predicted octanol–water partition coefficient (Wildman–Crippen LogP) is 1.83. The van der Waals surface area contributed by atoms with Crippen LogP contribution in [0, 0.1) is 0 Å². The van der Waals surface area contributed by atoms with Gasteiger partial charge in [-0.3, -0.25) is 0 Å². The van der Waals surface area contributed by atoms with Crippen LogP contribution in [0.25, 0.3) is 0 Å². The van der Waals surface area contributed by atoms with E-state index in [0.29, 0.717) is 5.76 Å². The molecule has 28 heavy (non-hydrogen) atoms. The minimum Gasteiger partial charge on any atom is -0.468 e. The number of furan rings is 1. The molecule has 10 heteroatoms. The van der Waals surface area contributed by atoms with Crippen molar-refractivity contribution in [2.75, 3.05) is 18.1 Å². The molecule has 0 N–H and O–H groups in total. The number of esters is 1. The van der Waals surface area contributed by atoms with Crippen molar-refractivity contribution < 1.29 is 30.8 Å². The lowest BCUT2D eigenvalue weighted by Gasteiger charge is -2.26. The van der Waals surface area contributed by atoms with Gasteiger partial charge in [0.2, 0.25) is 10.0 Å². The number of carbonyl (C=O) groups excluding carboxylic acids is 1. The van der Waals surface area contributed by atoms with E-state index in [1.165, 1.54) is 30.5 Å². The van der Waals surface area contributed by atoms with Crippen LogP contribution in [0.4, 0.5) is 0 Å². The Bertz CT molecular complexity index is 1030. The molecule has 1 aromatic heterocycles. The molecule has 1 aromatic carbocycles. The summed E-state index contributed by atoms with van der Waals surface area (Å²) < 4.78 is 61.6. The van der Waals surface area contributed by atoms with Crippen LogP contribution in [0.15, 0.2) is 52.0 Å². The molecule has 0 radical (unpaired) electrons. The lowest BCUT2D eigenvalue weighted by Crippen LogP contribution is -2.40. The number of rotatable bonds is 7. The van der Waals surface area contributed by atoms with Crippen molar-refractivity contribution in [2.45, 2.75) is 30.8 Å². The van der Waals surface area contributed by atoms with E-state index in [0.717, 1.165) is 4.31 Å². The van der Waals surface area contributed by atoms with Gasteiger partial charge in [-0.25, -0.2) is 21.6 Å². The van der Waals surface area contributed by atoms with Gasteiger partial charge >= 0.3 is 5.97 Å². The molecule has 0 bridgehead atoms. The standard InChI is InChI=1S/C18H21NO7S2/c1-2-25-18(20)14-5-7-17(8-6-14)28(23,24)19(12-16-4-3-10-26-16)15-9-11-27(21,22)13-15/h3-8,10,15H,2,9,11-13H2,1H3/t15-/m1/s1. The predicted molar refractivity (Wildman–Crippen MR) is 101 cm³/mol. The molecule has 0 spiro atoms. The summed E-state index contributed by atoms with van der Waals surface area (Å²) in [6.45, 7) is 1.82. The smallest absolute Gasteiger partial charge is 0.338 e. The molecule has 1 saturated heterocycles. The molecule has 2 heterocycles. The lowest BCUT2D eigenvalue weighted by atomic mass is 10.2. The minimum atomic E-state index is -4.01. The highest BCUT2D eigenvalue weighted by Gasteiger charge is 2.39. The molecule has 1 aliphatic heterocycles. The summed E-state index contributed by atoms with van der Waals surface area (Å²) in [6, 6.07) is 7.99. The van der Waals surface area contributed by atoms with E-state index < -0.39 is 31.9 Å². The fourth-order valence-electron chi connectivity index (χ4n) is 3.08. The third-order valence-corrected chi connectivity index (χ3v) is 8.14. The second-order valence-electron chi connectivity index (χ2n) is 6.43. The molecule has 152 valence electrons. The molecule has 2 aromatic rings. The fourth-order valence-corrected chi connectivity index (χ4v) is 6.53. The van der Waals surface area contributed by atoms with Crippen LogP contribution in [0.1, 0.15) is 29.5 Å². The zero-order valence-electron chi connectivity index (χ0n) is 15.3. The molecule has 3 rings (SSSR count). The normalized spacial score (nSPS) is 19.0. The first-order chi connectivity index (χ1) is 13.2. The number of sulfonamides is 1. The summed E-state index contributed by atoms with van der Waals surface area (Å²) in [5.74, 6) is -0.408. The third kappa shape index (κ3) is 4.45. The molecule has 0 aliphatic carbocycles. The van der Waals surface area contributed by atoms with Gasteiger partial charge in [-0.05, 0) is 49.7 Å². The van der Waals surface area contributed by atoms with Crippen LogP contribution >= 0.6 is 0 Å². The summed E-state index contributed by atoms with van der Waals surface area (Å²) in [7, 11) is -7.29. The van der Waals surface area contributed by atoms with Crippen LogP contribution < -0.4 is 0 Å². The number of carbonyl (C=O) groups is 1. The van der Waals surface area contributed by atoms with Crippen LogP contribution in [0.5, 0.6) is 0 Å². The molecule has 0 amide bonds. The molecule has 1 atom stereocenters. The fraction of sp³-hybridized carbons (Fsp3) is 0.389. The van der Waals surface area contributed by atoms with Gasteiger partial charge in [0, 0.05) is 6.04 Å². The van der Waals surface area contributed by atoms with Crippen LogP contribution in [-0.4, -0.2) is 51.3 Å². The molecular weight excluding hydrogens is 406 g/mol. The summed E-state index contributed by atoms with van der Waals surface area (Å²) in [5.41, 5.74) is 0.238. The maximum Gasteiger partial charge on any atom is 0.338 e. The van der Waals surface area contributed by atoms with E-state index in [1.807, 2.05) is 0 Å². The van der Waals surface area contributed by atoms with Crippen molar-refractivity contribution in [3.05, 3.63) is 54.0 Å². The number of benzene rings is 1. The summed E-state index contributed by atoms with van der Waals surface area (Å²) in [6.07, 6.45) is 1.66. The van der Waals surface area contributed by atoms with Crippen LogP contribution in [-0.2, 0) is 31.1 Å². The number of ether oxygens (including phenoxy) is 1. The molecular formula is C18H21NO7S2. The van der Waals surface area contributed by atoms with Crippen molar-refractivity contribution in [1.82, 2.24) is 4.31 Å². The Morgan fingerprint density at radius 2 is 1.96 bits per heavy atom. The molecule has 1 fully saturated rings. The van der Waals surface area contributed by atoms with Crippen molar-refractivity contribution in [2.24, 2.45) is 0 Å². The second-order valence-corrected chi connectivity index (χ2v) is 10.6. The van der Waals surface area contributed by atoms with E-state index in [1.54, 1.807) is 19.1 Å². The van der Waals surface area contributed by atoms with Gasteiger partial charge in [-0.2, -0.15) is 4.31 Å². The Hall–Kier alpha value is -2.17. The number of nitrogens with zero attached hydrogens (tertiary/aromatic N) is 1. The van der Waals surface area contributed by atoms with E-state index in [9.17, 15) is 21.6 Å². The maximum atomic E-state index is 13.2. The van der Waals surface area contributed by atoms with Gasteiger partial charge in [-0.1, -0.05) is 0 Å². The van der Waals surface area contributed by atoms with Crippen LogP contribution in [0.2, 0.25) is 0 Å². The first kappa shape index (κ1) is 20.6. The number of hydrogen-bond acceptors (Lipinski definition) is 7. The molecule has 0 saturated carbocycles. The highest BCUT2D eigenvalue weighted by molar-refractivity contribution is 7.92. The van der Waals surface area contributed by atoms with Gasteiger partial charge in [0.1, 0.15) is 5.76 Å². The van der Waals surface area contributed by atoms with Gasteiger partial charge in [0.05, 0.1) is 41.4 Å². The van der Waals surface area contributed by atoms with Gasteiger partial charge in [0.15, 0.2) is 9.84 Å². The van der Waals surface area contributed by atoms with Gasteiger partial charge in [-0.15, -0.1) is 0 Å². The highest BCUT2D eigenvalue weighted by atomic mass is 32.2. The quantitative estimate of drug-likeness (QED) is 0.620. The van der Waals surface area contributed by atoms with Crippen LogP contribution in [0.3, 0.4) is 0 Å². The average molecular weight is 428 g/mol. The van der Waals surface area contributed by atoms with Gasteiger partial charge < -0.3 is 9.15 Å². The zero-order valence-corrected chi connectivity index (χ0v) is 16.9. The van der Waals surface area contributed by atoms with Gasteiger partial charge in [0.25, 0.3) is 0 Å². The second kappa shape index (κ2) is 8.06. The SMILES string of the molecule is CCOC(=O)c1ccc(S(=O)(=O)N(Cc2ccco2)[C@@H]2CCS(=O)(=O)C2)cc1. The van der Waals surface area contributed by atoms with Crippen molar-refractivity contribution in [3.8, 4) is 0 Å².